The molecule has 0 saturated carbocycles. The van der Waals surface area contributed by atoms with Crippen LogP contribution >= 0.6 is 0 Å². The van der Waals surface area contributed by atoms with Crippen LogP contribution in [-0.4, -0.2) is 10.9 Å². The predicted octanol–water partition coefficient (Wildman–Crippen LogP) is 3.77. The maximum absolute atomic E-state index is 13.6. The first-order valence-electron chi connectivity index (χ1n) is 7.89. The Kier molecular flexibility index (Phi) is 5.20. The van der Waals surface area contributed by atoms with Crippen molar-refractivity contribution in [3.8, 4) is 6.07 Å². The number of nitriles is 1. The molecule has 2 N–H and O–H groups in total. The van der Waals surface area contributed by atoms with Crippen molar-refractivity contribution in [3.63, 3.8) is 0 Å². The number of benzene rings is 2. The van der Waals surface area contributed by atoms with Crippen LogP contribution in [0.5, 0.6) is 0 Å². The van der Waals surface area contributed by atoms with E-state index in [4.69, 9.17) is 5.26 Å². The Morgan fingerprint density at radius 3 is 2.58 bits per heavy atom. The number of rotatable bonds is 5. The molecule has 0 aliphatic heterocycles. The number of aromatic nitrogens is 1. The molecule has 5 nitrogen and oxygen atoms in total. The third-order valence-corrected chi connectivity index (χ3v) is 3.70. The van der Waals surface area contributed by atoms with Gasteiger partial charge in [-0.05, 0) is 36.4 Å². The molecular formula is C20H15FN4O. The van der Waals surface area contributed by atoms with Gasteiger partial charge in [-0.25, -0.2) is 4.39 Å². The molecule has 0 aliphatic carbocycles. The summed E-state index contributed by atoms with van der Waals surface area (Å²) in [6.45, 7) is 0.0960. The van der Waals surface area contributed by atoms with Crippen molar-refractivity contribution >= 4 is 17.3 Å². The molecule has 0 bridgehead atoms. The summed E-state index contributed by atoms with van der Waals surface area (Å²) in [4.78, 5) is 16.3. The highest BCUT2D eigenvalue weighted by molar-refractivity contribution is 5.94. The number of pyridine rings is 1. The number of nitrogens with zero attached hydrogens (tertiary/aromatic N) is 2. The Labute approximate surface area is 150 Å². The molecule has 6 heteroatoms. The van der Waals surface area contributed by atoms with E-state index in [0.29, 0.717) is 22.4 Å². The average Bonchev–Trinajstić information content (AvgIpc) is 2.68. The van der Waals surface area contributed by atoms with E-state index in [0.717, 1.165) is 5.69 Å². The van der Waals surface area contributed by atoms with Crippen LogP contribution in [0, 0.1) is 17.1 Å². The number of carbonyl (C=O) groups is 1. The minimum atomic E-state index is -0.359. The number of anilines is 2. The van der Waals surface area contributed by atoms with Gasteiger partial charge in [0.15, 0.2) is 0 Å². The lowest BCUT2D eigenvalue weighted by Gasteiger charge is -2.09. The minimum Gasteiger partial charge on any atom is -0.354 e. The molecule has 1 aromatic heterocycles. The molecule has 128 valence electrons. The highest BCUT2D eigenvalue weighted by Crippen LogP contribution is 2.17. The maximum Gasteiger partial charge on any atom is 0.253 e. The molecule has 0 unspecified atom stereocenters. The maximum atomic E-state index is 13.6. The van der Waals surface area contributed by atoms with Gasteiger partial charge >= 0.3 is 0 Å². The molecule has 0 fully saturated rings. The number of carbonyl (C=O) groups excluding carboxylic acids is 1. The zero-order valence-corrected chi connectivity index (χ0v) is 13.7. The van der Waals surface area contributed by atoms with Crippen molar-refractivity contribution in [1.29, 1.82) is 5.26 Å². The smallest absolute Gasteiger partial charge is 0.253 e. The van der Waals surface area contributed by atoms with Crippen LogP contribution in [0.1, 0.15) is 21.5 Å². The number of amides is 1. The van der Waals surface area contributed by atoms with Gasteiger partial charge in [0.05, 0.1) is 29.1 Å². The lowest BCUT2D eigenvalue weighted by Crippen LogP contribution is -2.23. The van der Waals surface area contributed by atoms with E-state index in [9.17, 15) is 9.18 Å². The quantitative estimate of drug-likeness (QED) is 0.737. The van der Waals surface area contributed by atoms with Gasteiger partial charge in [-0.3, -0.25) is 9.78 Å². The summed E-state index contributed by atoms with van der Waals surface area (Å²) in [5, 5.41) is 14.6. The minimum absolute atomic E-state index is 0.0960. The molecule has 0 spiro atoms. The molecular weight excluding hydrogens is 331 g/mol. The van der Waals surface area contributed by atoms with E-state index in [-0.39, 0.29) is 18.3 Å². The van der Waals surface area contributed by atoms with E-state index < -0.39 is 0 Å². The Bertz CT molecular complexity index is 964. The van der Waals surface area contributed by atoms with Crippen molar-refractivity contribution in [2.75, 3.05) is 5.32 Å². The zero-order chi connectivity index (χ0) is 18.4. The molecule has 2 aromatic carbocycles. The van der Waals surface area contributed by atoms with Crippen LogP contribution in [0.3, 0.4) is 0 Å². The molecule has 3 aromatic rings. The van der Waals surface area contributed by atoms with Gasteiger partial charge in [0.1, 0.15) is 5.82 Å². The average molecular weight is 346 g/mol. The van der Waals surface area contributed by atoms with Gasteiger partial charge in [0.25, 0.3) is 5.91 Å². The van der Waals surface area contributed by atoms with Gasteiger partial charge in [-0.1, -0.05) is 18.2 Å². The van der Waals surface area contributed by atoms with Crippen molar-refractivity contribution in [3.05, 3.63) is 89.5 Å². The van der Waals surface area contributed by atoms with Gasteiger partial charge in [-0.2, -0.15) is 5.26 Å². The highest BCUT2D eigenvalue weighted by Gasteiger charge is 2.09. The van der Waals surface area contributed by atoms with Crippen LogP contribution in [0.2, 0.25) is 0 Å². The van der Waals surface area contributed by atoms with E-state index >= 15 is 0 Å². The number of nitrogens with one attached hydrogen (secondary N) is 2. The largest absolute Gasteiger partial charge is 0.354 e. The molecule has 0 radical (unpaired) electrons. The Morgan fingerprint density at radius 1 is 1.08 bits per heavy atom. The van der Waals surface area contributed by atoms with Crippen molar-refractivity contribution in [2.45, 2.75) is 6.54 Å². The second-order valence-electron chi connectivity index (χ2n) is 5.55. The van der Waals surface area contributed by atoms with Crippen LogP contribution in [0.4, 0.5) is 15.8 Å². The summed E-state index contributed by atoms with van der Waals surface area (Å²) in [5.41, 5.74) is 2.75. The fourth-order valence-corrected chi connectivity index (χ4v) is 2.35. The Morgan fingerprint density at radius 2 is 1.85 bits per heavy atom. The van der Waals surface area contributed by atoms with Gasteiger partial charge in [0, 0.05) is 24.0 Å². The number of hydrogen-bond acceptors (Lipinski definition) is 4. The molecule has 0 saturated heterocycles. The topological polar surface area (TPSA) is 77.8 Å². The lowest BCUT2D eigenvalue weighted by atomic mass is 10.2. The SMILES string of the molecule is N#Cc1ccc(Nc2cncc(C(=O)NCc3ccccc3F)c2)cc1. The summed E-state index contributed by atoms with van der Waals surface area (Å²) in [6, 6.07) is 16.9. The van der Waals surface area contributed by atoms with E-state index in [1.54, 1.807) is 54.7 Å². The Balaban J connectivity index is 1.67. The second kappa shape index (κ2) is 7.90. The van der Waals surface area contributed by atoms with Crippen molar-refractivity contribution in [1.82, 2.24) is 10.3 Å². The predicted molar refractivity (Wildman–Crippen MR) is 96.2 cm³/mol. The first-order valence-corrected chi connectivity index (χ1v) is 7.89. The van der Waals surface area contributed by atoms with Crippen LogP contribution in [0.15, 0.2) is 67.0 Å². The standard InChI is InChI=1S/C20H15FN4O/c21-19-4-2-1-3-15(19)12-24-20(26)16-9-18(13-23-11-16)25-17-7-5-14(10-22)6-8-17/h1-9,11,13,25H,12H2,(H,24,26). The normalized spacial score (nSPS) is 10.0. The molecule has 1 amide bonds. The van der Waals surface area contributed by atoms with Gasteiger partial charge < -0.3 is 10.6 Å². The molecule has 3 rings (SSSR count). The van der Waals surface area contributed by atoms with Crippen molar-refractivity contribution in [2.24, 2.45) is 0 Å². The van der Waals surface area contributed by atoms with E-state index in [1.807, 2.05) is 0 Å². The van der Waals surface area contributed by atoms with Crippen molar-refractivity contribution < 1.29 is 9.18 Å². The van der Waals surface area contributed by atoms with Gasteiger partial charge in [0.2, 0.25) is 0 Å². The summed E-state index contributed by atoms with van der Waals surface area (Å²) in [7, 11) is 0. The fraction of sp³-hybridized carbons (Fsp3) is 0.0500. The van der Waals surface area contributed by atoms with Crippen LogP contribution in [-0.2, 0) is 6.54 Å². The summed E-state index contributed by atoms with van der Waals surface area (Å²) in [5.74, 6) is -0.702. The second-order valence-corrected chi connectivity index (χ2v) is 5.55. The van der Waals surface area contributed by atoms with Crippen LogP contribution in [0.25, 0.3) is 0 Å². The lowest BCUT2D eigenvalue weighted by molar-refractivity contribution is 0.0950. The summed E-state index contributed by atoms with van der Waals surface area (Å²) in [6.07, 6.45) is 3.03. The monoisotopic (exact) mass is 346 g/mol. The number of halogens is 1. The summed E-state index contributed by atoms with van der Waals surface area (Å²) < 4.78 is 13.6. The first-order chi connectivity index (χ1) is 12.7. The molecule has 0 atom stereocenters. The third kappa shape index (κ3) is 4.22. The number of hydrogen-bond donors (Lipinski definition) is 2. The zero-order valence-electron chi connectivity index (χ0n) is 13.7. The third-order valence-electron chi connectivity index (χ3n) is 3.70. The first kappa shape index (κ1) is 17.1. The highest BCUT2D eigenvalue weighted by atomic mass is 19.1. The Hall–Kier alpha value is -3.72. The molecule has 1 heterocycles. The molecule has 26 heavy (non-hydrogen) atoms. The molecule has 0 aliphatic rings. The van der Waals surface area contributed by atoms with E-state index in [2.05, 4.69) is 21.7 Å². The van der Waals surface area contributed by atoms with Crippen LogP contribution < -0.4 is 10.6 Å². The summed E-state index contributed by atoms with van der Waals surface area (Å²) >= 11 is 0. The van der Waals surface area contributed by atoms with Gasteiger partial charge in [-0.15, -0.1) is 0 Å². The van der Waals surface area contributed by atoms with E-state index in [1.165, 1.54) is 12.3 Å². The fourth-order valence-electron chi connectivity index (χ4n) is 2.35.